The molecule has 2 rings (SSSR count). The molecule has 21 heavy (non-hydrogen) atoms. The zero-order valence-corrected chi connectivity index (χ0v) is 12.4. The Balaban J connectivity index is 2.03. The van der Waals surface area contributed by atoms with Crippen LogP contribution in [0.5, 0.6) is 11.5 Å². The van der Waals surface area contributed by atoms with Crippen molar-refractivity contribution >= 4 is 0 Å². The van der Waals surface area contributed by atoms with Gasteiger partial charge in [0.05, 0.1) is 20.8 Å². The molecule has 0 aliphatic rings. The quantitative estimate of drug-likeness (QED) is 0.821. The fourth-order valence-electron chi connectivity index (χ4n) is 2.24. The topological polar surface area (TPSA) is 50.7 Å². The Bertz CT molecular complexity index is 584. The van der Waals surface area contributed by atoms with E-state index in [9.17, 15) is 5.11 Å². The lowest BCUT2D eigenvalue weighted by Gasteiger charge is -2.12. The molecule has 0 atom stereocenters. The van der Waals surface area contributed by atoms with E-state index in [1.54, 1.807) is 14.2 Å². The Hall–Kier alpha value is -2.04. The van der Waals surface area contributed by atoms with Crippen molar-refractivity contribution in [3.8, 4) is 11.5 Å². The Labute approximate surface area is 125 Å². The molecule has 0 saturated heterocycles. The monoisotopic (exact) mass is 287 g/mol. The molecule has 0 aliphatic heterocycles. The van der Waals surface area contributed by atoms with Crippen LogP contribution in [-0.2, 0) is 19.7 Å². The van der Waals surface area contributed by atoms with Crippen molar-refractivity contribution < 1.29 is 14.6 Å². The third-order valence-electron chi connectivity index (χ3n) is 3.41. The summed E-state index contributed by atoms with van der Waals surface area (Å²) in [7, 11) is 3.31. The third-order valence-corrected chi connectivity index (χ3v) is 3.41. The van der Waals surface area contributed by atoms with E-state index < -0.39 is 0 Å². The summed E-state index contributed by atoms with van der Waals surface area (Å²) in [5.41, 5.74) is 3.09. The molecule has 4 nitrogen and oxygen atoms in total. The third kappa shape index (κ3) is 3.97. The standard InChI is InChI=1S/C17H21NO3/c1-20-16-7-8-17(21-2)15(9-16)11-18-10-13-5-3-4-6-14(13)12-19/h3-9,18-19H,10-12H2,1-2H3. The minimum atomic E-state index is 0.0559. The summed E-state index contributed by atoms with van der Waals surface area (Å²) in [6.45, 7) is 1.41. The summed E-state index contributed by atoms with van der Waals surface area (Å²) in [6.07, 6.45) is 0. The number of benzene rings is 2. The van der Waals surface area contributed by atoms with Gasteiger partial charge in [-0.05, 0) is 29.3 Å². The second-order valence-corrected chi connectivity index (χ2v) is 4.71. The van der Waals surface area contributed by atoms with Crippen LogP contribution in [0.2, 0.25) is 0 Å². The van der Waals surface area contributed by atoms with Gasteiger partial charge in [0.15, 0.2) is 0 Å². The fourth-order valence-corrected chi connectivity index (χ4v) is 2.24. The maximum Gasteiger partial charge on any atom is 0.123 e. The smallest absolute Gasteiger partial charge is 0.123 e. The molecule has 0 aliphatic carbocycles. The molecular weight excluding hydrogens is 266 g/mol. The van der Waals surface area contributed by atoms with Crippen molar-refractivity contribution in [3.63, 3.8) is 0 Å². The van der Waals surface area contributed by atoms with E-state index in [2.05, 4.69) is 5.32 Å². The van der Waals surface area contributed by atoms with E-state index in [1.807, 2.05) is 42.5 Å². The largest absolute Gasteiger partial charge is 0.497 e. The number of aliphatic hydroxyl groups excluding tert-OH is 1. The minimum Gasteiger partial charge on any atom is -0.497 e. The summed E-state index contributed by atoms with van der Waals surface area (Å²) in [5.74, 6) is 1.64. The van der Waals surface area contributed by atoms with E-state index in [0.29, 0.717) is 13.1 Å². The van der Waals surface area contributed by atoms with Gasteiger partial charge in [0, 0.05) is 18.7 Å². The first-order valence-corrected chi connectivity index (χ1v) is 6.87. The molecule has 2 aromatic carbocycles. The molecule has 2 aromatic rings. The fraction of sp³-hybridized carbons (Fsp3) is 0.294. The molecular formula is C17H21NO3. The second-order valence-electron chi connectivity index (χ2n) is 4.71. The predicted octanol–water partition coefficient (Wildman–Crippen LogP) is 2.49. The number of nitrogens with one attached hydrogen (secondary N) is 1. The summed E-state index contributed by atoms with van der Waals surface area (Å²) < 4.78 is 10.6. The lowest BCUT2D eigenvalue weighted by atomic mass is 10.1. The van der Waals surface area contributed by atoms with Crippen LogP contribution in [0, 0.1) is 0 Å². The highest BCUT2D eigenvalue weighted by Gasteiger charge is 2.06. The van der Waals surface area contributed by atoms with Crippen LogP contribution < -0.4 is 14.8 Å². The first kappa shape index (κ1) is 15.4. The van der Waals surface area contributed by atoms with Crippen LogP contribution >= 0.6 is 0 Å². The van der Waals surface area contributed by atoms with Crippen molar-refractivity contribution in [1.82, 2.24) is 5.32 Å². The van der Waals surface area contributed by atoms with Gasteiger partial charge in [-0.1, -0.05) is 24.3 Å². The zero-order valence-electron chi connectivity index (χ0n) is 12.4. The molecule has 0 saturated carbocycles. The van der Waals surface area contributed by atoms with Gasteiger partial charge in [0.25, 0.3) is 0 Å². The molecule has 112 valence electrons. The van der Waals surface area contributed by atoms with Crippen molar-refractivity contribution in [2.24, 2.45) is 0 Å². The average Bonchev–Trinajstić information content (AvgIpc) is 2.55. The number of ether oxygens (including phenoxy) is 2. The summed E-state index contributed by atoms with van der Waals surface area (Å²) in [5, 5.41) is 12.7. The van der Waals surface area contributed by atoms with Gasteiger partial charge in [-0.15, -0.1) is 0 Å². The van der Waals surface area contributed by atoms with E-state index in [-0.39, 0.29) is 6.61 Å². The highest BCUT2D eigenvalue weighted by Crippen LogP contribution is 2.23. The van der Waals surface area contributed by atoms with Gasteiger partial charge < -0.3 is 19.9 Å². The molecule has 4 heteroatoms. The van der Waals surface area contributed by atoms with Crippen molar-refractivity contribution in [3.05, 3.63) is 59.2 Å². The van der Waals surface area contributed by atoms with Crippen LogP contribution in [0.25, 0.3) is 0 Å². The van der Waals surface area contributed by atoms with Crippen LogP contribution in [-0.4, -0.2) is 19.3 Å². The Morgan fingerprint density at radius 2 is 1.62 bits per heavy atom. The molecule has 0 amide bonds. The summed E-state index contributed by atoms with van der Waals surface area (Å²) >= 11 is 0. The first-order chi connectivity index (χ1) is 10.3. The molecule has 0 heterocycles. The number of rotatable bonds is 7. The zero-order chi connectivity index (χ0) is 15.1. The minimum absolute atomic E-state index is 0.0559. The van der Waals surface area contributed by atoms with Crippen LogP contribution in [0.3, 0.4) is 0 Å². The van der Waals surface area contributed by atoms with Crippen LogP contribution in [0.15, 0.2) is 42.5 Å². The lowest BCUT2D eigenvalue weighted by Crippen LogP contribution is -2.14. The van der Waals surface area contributed by atoms with Gasteiger partial charge in [0.1, 0.15) is 11.5 Å². The van der Waals surface area contributed by atoms with Gasteiger partial charge >= 0.3 is 0 Å². The van der Waals surface area contributed by atoms with Gasteiger partial charge in [-0.3, -0.25) is 0 Å². The Kier molecular flexibility index (Phi) is 5.60. The summed E-state index contributed by atoms with van der Waals surface area (Å²) in [6, 6.07) is 13.6. The number of aliphatic hydroxyl groups is 1. The highest BCUT2D eigenvalue weighted by atomic mass is 16.5. The highest BCUT2D eigenvalue weighted by molar-refractivity contribution is 5.40. The van der Waals surface area contributed by atoms with E-state index in [0.717, 1.165) is 28.2 Å². The van der Waals surface area contributed by atoms with Crippen LogP contribution in [0.4, 0.5) is 0 Å². The normalized spacial score (nSPS) is 10.4. The second kappa shape index (κ2) is 7.67. The van der Waals surface area contributed by atoms with Gasteiger partial charge in [-0.25, -0.2) is 0 Å². The van der Waals surface area contributed by atoms with Crippen LogP contribution in [0.1, 0.15) is 16.7 Å². The maximum absolute atomic E-state index is 9.32. The Morgan fingerprint density at radius 3 is 2.29 bits per heavy atom. The molecule has 0 radical (unpaired) electrons. The summed E-state index contributed by atoms with van der Waals surface area (Å²) in [4.78, 5) is 0. The Morgan fingerprint density at radius 1 is 0.905 bits per heavy atom. The van der Waals surface area contributed by atoms with Crippen molar-refractivity contribution in [2.45, 2.75) is 19.7 Å². The number of methoxy groups -OCH3 is 2. The molecule has 0 spiro atoms. The maximum atomic E-state index is 9.32. The lowest BCUT2D eigenvalue weighted by molar-refractivity contribution is 0.280. The number of hydrogen-bond donors (Lipinski definition) is 2. The molecule has 0 fully saturated rings. The van der Waals surface area contributed by atoms with Crippen molar-refractivity contribution in [2.75, 3.05) is 14.2 Å². The first-order valence-electron chi connectivity index (χ1n) is 6.87. The van der Waals surface area contributed by atoms with E-state index >= 15 is 0 Å². The molecule has 0 bridgehead atoms. The SMILES string of the molecule is COc1ccc(OC)c(CNCc2ccccc2CO)c1. The van der Waals surface area contributed by atoms with Gasteiger partial charge in [-0.2, -0.15) is 0 Å². The molecule has 2 N–H and O–H groups in total. The van der Waals surface area contributed by atoms with E-state index in [4.69, 9.17) is 9.47 Å². The average molecular weight is 287 g/mol. The van der Waals surface area contributed by atoms with E-state index in [1.165, 1.54) is 0 Å². The molecule has 0 unspecified atom stereocenters. The predicted molar refractivity (Wildman–Crippen MR) is 82.5 cm³/mol. The van der Waals surface area contributed by atoms with Crippen molar-refractivity contribution in [1.29, 1.82) is 0 Å². The number of hydrogen-bond acceptors (Lipinski definition) is 4. The van der Waals surface area contributed by atoms with Gasteiger partial charge in [0.2, 0.25) is 0 Å². The molecule has 0 aromatic heterocycles.